The number of sulfonamides is 1. The molecule has 3 rings (SSSR count). The van der Waals surface area contributed by atoms with Crippen LogP contribution in [0.15, 0.2) is 48.5 Å². The Labute approximate surface area is 150 Å². The Bertz CT molecular complexity index is 758. The fraction of sp³-hybridized carbons (Fsp3) is 0.368. The molecule has 2 unspecified atom stereocenters. The van der Waals surface area contributed by atoms with E-state index in [4.69, 9.17) is 4.74 Å². The van der Waals surface area contributed by atoms with Crippen molar-refractivity contribution < 1.29 is 13.5 Å². The number of likely N-dealkylation sites (tertiary alicyclic amines) is 1. The third-order valence-corrected chi connectivity index (χ3v) is 5.19. The number of benzene rings is 2. The van der Waals surface area contributed by atoms with E-state index in [9.17, 15) is 8.76 Å². The average Bonchev–Trinajstić information content (AvgIpc) is 3.00. The van der Waals surface area contributed by atoms with E-state index >= 15 is 0 Å². The van der Waals surface area contributed by atoms with Crippen molar-refractivity contribution in [2.24, 2.45) is 0 Å². The van der Waals surface area contributed by atoms with E-state index in [2.05, 4.69) is 40.0 Å². The van der Waals surface area contributed by atoms with Crippen LogP contribution in [0.1, 0.15) is 12.0 Å². The molecule has 1 fully saturated rings. The molecule has 25 heavy (non-hydrogen) atoms. The molecule has 2 aromatic rings. The van der Waals surface area contributed by atoms with E-state index in [1.165, 1.54) is 11.8 Å². The van der Waals surface area contributed by atoms with Crippen molar-refractivity contribution in [1.82, 2.24) is 9.62 Å². The smallest absolute Gasteiger partial charge is 0.126 e. The molecule has 2 aromatic carbocycles. The minimum atomic E-state index is -3.14. The summed E-state index contributed by atoms with van der Waals surface area (Å²) < 4.78 is 30.8. The van der Waals surface area contributed by atoms with E-state index in [0.29, 0.717) is 0 Å². The number of hydrogen-bond acceptors (Lipinski definition) is 4. The average molecular weight is 360 g/mol. The van der Waals surface area contributed by atoms with Gasteiger partial charge in [0.25, 0.3) is 0 Å². The summed E-state index contributed by atoms with van der Waals surface area (Å²) in [6, 6.07) is 16.5. The summed E-state index contributed by atoms with van der Waals surface area (Å²) in [5.74, 6) is 0.865. The molecule has 2 atom stereocenters. The highest BCUT2D eigenvalue weighted by molar-refractivity contribution is 7.95. The number of nitrogens with zero attached hydrogens (tertiary/aromatic N) is 1. The molecule has 1 N–H and O–H groups in total. The summed E-state index contributed by atoms with van der Waals surface area (Å²) in [6.07, 6.45) is 2.07. The van der Waals surface area contributed by atoms with Crippen molar-refractivity contribution in [2.75, 3.05) is 26.5 Å². The third kappa shape index (κ3) is 4.89. The molecule has 0 amide bonds. The lowest BCUT2D eigenvalue weighted by Crippen LogP contribution is -2.39. The quantitative estimate of drug-likeness (QED) is 0.805. The van der Waals surface area contributed by atoms with Gasteiger partial charge in [-0.15, -0.1) is 4.72 Å². The number of para-hydroxylation sites is 1. The first-order valence-corrected chi connectivity index (χ1v) is 10.3. The van der Waals surface area contributed by atoms with Crippen LogP contribution in [0.4, 0.5) is 0 Å². The van der Waals surface area contributed by atoms with Crippen LogP contribution in [0.5, 0.6) is 5.75 Å². The van der Waals surface area contributed by atoms with Crippen molar-refractivity contribution in [1.29, 1.82) is 0 Å². The molecule has 134 valence electrons. The highest BCUT2D eigenvalue weighted by Crippen LogP contribution is 2.29. The van der Waals surface area contributed by atoms with Crippen molar-refractivity contribution in [3.05, 3.63) is 54.1 Å². The van der Waals surface area contributed by atoms with Crippen LogP contribution >= 0.6 is 0 Å². The lowest BCUT2D eigenvalue weighted by atomic mass is 10.0. The maximum Gasteiger partial charge on any atom is 0.126 e. The Hall–Kier alpha value is -1.73. The molecule has 1 aliphatic heterocycles. The van der Waals surface area contributed by atoms with Gasteiger partial charge in [-0.3, -0.25) is 4.90 Å². The van der Waals surface area contributed by atoms with Crippen molar-refractivity contribution >= 4 is 10.4 Å². The molecule has 0 saturated carbocycles. The minimum Gasteiger partial charge on any atom is -0.598 e. The molecule has 0 spiro atoms. The van der Waals surface area contributed by atoms with Crippen LogP contribution in [-0.4, -0.2) is 41.9 Å². The molecule has 1 aliphatic rings. The van der Waals surface area contributed by atoms with E-state index in [1.807, 2.05) is 18.2 Å². The molecule has 5 nitrogen and oxygen atoms in total. The van der Waals surface area contributed by atoms with Gasteiger partial charge in [-0.1, -0.05) is 46.7 Å². The van der Waals surface area contributed by atoms with Crippen LogP contribution in [0.3, 0.4) is 0 Å². The summed E-state index contributed by atoms with van der Waals surface area (Å²) in [4.78, 5) is 2.28. The largest absolute Gasteiger partial charge is 0.598 e. The van der Waals surface area contributed by atoms with Gasteiger partial charge in [0, 0.05) is 25.2 Å². The first-order valence-electron chi connectivity index (χ1n) is 8.36. The number of nitrogens with one attached hydrogen (secondary N) is 1. The van der Waals surface area contributed by atoms with Gasteiger partial charge in [0.15, 0.2) is 0 Å². The maximum atomic E-state index is 11.3. The minimum absolute atomic E-state index is 0.0165. The Balaban J connectivity index is 1.63. The van der Waals surface area contributed by atoms with E-state index in [1.54, 1.807) is 7.11 Å². The zero-order chi connectivity index (χ0) is 17.9. The number of ether oxygens (including phenoxy) is 1. The Morgan fingerprint density at radius 3 is 2.64 bits per heavy atom. The van der Waals surface area contributed by atoms with Gasteiger partial charge in [0.2, 0.25) is 0 Å². The van der Waals surface area contributed by atoms with Gasteiger partial charge >= 0.3 is 0 Å². The Kier molecular flexibility index (Phi) is 5.54. The van der Waals surface area contributed by atoms with Crippen LogP contribution < -0.4 is 9.46 Å². The van der Waals surface area contributed by atoms with Crippen LogP contribution in [0, 0.1) is 0 Å². The monoisotopic (exact) mass is 360 g/mol. The lowest BCUT2D eigenvalue weighted by Gasteiger charge is -2.18. The first kappa shape index (κ1) is 18.1. The second-order valence-corrected chi connectivity index (χ2v) is 8.29. The van der Waals surface area contributed by atoms with Gasteiger partial charge < -0.3 is 9.29 Å². The fourth-order valence-corrected chi connectivity index (χ4v) is 4.10. The molecule has 1 heterocycles. The van der Waals surface area contributed by atoms with E-state index in [-0.39, 0.29) is 6.04 Å². The Morgan fingerprint density at radius 1 is 1.24 bits per heavy atom. The summed E-state index contributed by atoms with van der Waals surface area (Å²) in [5, 5.41) is 0. The molecular formula is C19H24N2O3S. The van der Waals surface area contributed by atoms with Crippen molar-refractivity contribution in [2.45, 2.75) is 19.0 Å². The predicted molar refractivity (Wildman–Crippen MR) is 100 cm³/mol. The second-order valence-electron chi connectivity index (χ2n) is 6.51. The molecule has 0 aromatic heterocycles. The number of methoxy groups -OCH3 is 1. The number of hydrogen-bond donors (Lipinski definition) is 1. The van der Waals surface area contributed by atoms with Crippen molar-refractivity contribution in [3.8, 4) is 16.9 Å². The predicted octanol–water partition coefficient (Wildman–Crippen LogP) is 2.70. The van der Waals surface area contributed by atoms with Crippen LogP contribution in [0.2, 0.25) is 0 Å². The van der Waals surface area contributed by atoms with Gasteiger partial charge in [0.05, 0.1) is 13.2 Å². The zero-order valence-electron chi connectivity index (χ0n) is 14.6. The maximum absolute atomic E-state index is 11.3. The SMILES string of the molecule is COc1ccccc1-c1ccc(CN2CCC(N[S+](C)(=O)[O-])C2)cc1. The summed E-state index contributed by atoms with van der Waals surface area (Å²) >= 11 is 0. The summed E-state index contributed by atoms with van der Waals surface area (Å²) in [6.45, 7) is 2.48. The molecule has 0 radical (unpaired) electrons. The van der Waals surface area contributed by atoms with Gasteiger partial charge in [0.1, 0.15) is 22.4 Å². The standard InChI is InChI=1S/C19H24N2O3S/c1-24-19-6-4-3-5-18(19)16-9-7-15(8-10-16)13-21-12-11-17(14-21)20-25(2,22)23/h3-10,17H,11-14H2,1-2H3,(H-,20,22,23). The second kappa shape index (κ2) is 7.66. The summed E-state index contributed by atoms with van der Waals surface area (Å²) in [7, 11) is -1.45. The van der Waals surface area contributed by atoms with E-state index < -0.39 is 10.4 Å². The molecule has 0 bridgehead atoms. The van der Waals surface area contributed by atoms with Gasteiger partial charge in [-0.2, -0.15) is 0 Å². The topological polar surface area (TPSA) is 64.6 Å². The normalized spacial score (nSPS) is 20.4. The number of rotatable bonds is 6. The van der Waals surface area contributed by atoms with Crippen LogP contribution in [0.25, 0.3) is 11.1 Å². The van der Waals surface area contributed by atoms with Crippen molar-refractivity contribution in [3.63, 3.8) is 0 Å². The van der Waals surface area contributed by atoms with Gasteiger partial charge in [-0.05, 0) is 23.6 Å². The lowest BCUT2D eigenvalue weighted by molar-refractivity contribution is 0.323. The molecule has 1 saturated heterocycles. The van der Waals surface area contributed by atoms with Gasteiger partial charge in [-0.25, -0.2) is 0 Å². The van der Waals surface area contributed by atoms with Crippen LogP contribution in [-0.2, 0) is 21.2 Å². The summed E-state index contributed by atoms with van der Waals surface area (Å²) in [5.41, 5.74) is 3.42. The fourth-order valence-electron chi connectivity index (χ4n) is 3.31. The highest BCUT2D eigenvalue weighted by atomic mass is 32.3. The Morgan fingerprint density at radius 2 is 1.96 bits per heavy atom. The highest BCUT2D eigenvalue weighted by Gasteiger charge is 2.26. The molecule has 0 aliphatic carbocycles. The third-order valence-electron chi connectivity index (χ3n) is 4.43. The van der Waals surface area contributed by atoms with E-state index in [0.717, 1.165) is 42.9 Å². The molecule has 6 heteroatoms. The first-order chi connectivity index (χ1) is 11.9. The zero-order valence-corrected chi connectivity index (χ0v) is 15.4. The molecular weight excluding hydrogens is 336 g/mol.